The molecular formula is C8H17NS. The van der Waals surface area contributed by atoms with Crippen LogP contribution < -0.4 is 5.73 Å². The third kappa shape index (κ3) is 6.17. The Kier molecular flexibility index (Phi) is 7.20. The molecule has 2 heteroatoms. The Hall–Kier alpha value is 0.0500. The fraction of sp³-hybridized carbons (Fsp3) is 0.750. The lowest BCUT2D eigenvalue weighted by atomic mass is 10.3. The van der Waals surface area contributed by atoms with Crippen LogP contribution in [0.1, 0.15) is 26.2 Å². The van der Waals surface area contributed by atoms with Gasteiger partial charge in [-0.05, 0) is 12.2 Å². The summed E-state index contributed by atoms with van der Waals surface area (Å²) >= 11 is 1.78. The van der Waals surface area contributed by atoms with Gasteiger partial charge in [0.05, 0.1) is 5.37 Å². The fourth-order valence-corrected chi connectivity index (χ4v) is 1.42. The second-order valence-electron chi connectivity index (χ2n) is 2.28. The summed E-state index contributed by atoms with van der Waals surface area (Å²) < 4.78 is 0. The minimum atomic E-state index is 0.136. The van der Waals surface area contributed by atoms with E-state index in [-0.39, 0.29) is 5.37 Å². The maximum Gasteiger partial charge on any atom is 0.0691 e. The van der Waals surface area contributed by atoms with E-state index >= 15 is 0 Å². The molecule has 0 aromatic rings. The van der Waals surface area contributed by atoms with E-state index in [1.54, 1.807) is 17.8 Å². The molecule has 1 atom stereocenters. The van der Waals surface area contributed by atoms with E-state index in [0.717, 1.165) is 0 Å². The molecule has 0 spiro atoms. The predicted molar refractivity (Wildman–Crippen MR) is 50.2 cm³/mol. The van der Waals surface area contributed by atoms with Gasteiger partial charge in [0.1, 0.15) is 0 Å². The molecule has 2 N–H and O–H groups in total. The van der Waals surface area contributed by atoms with Gasteiger partial charge in [0, 0.05) is 0 Å². The minimum Gasteiger partial charge on any atom is -0.316 e. The van der Waals surface area contributed by atoms with Crippen LogP contribution in [0.25, 0.3) is 0 Å². The van der Waals surface area contributed by atoms with Crippen molar-refractivity contribution in [3.05, 3.63) is 12.7 Å². The van der Waals surface area contributed by atoms with Crippen LogP contribution in [-0.2, 0) is 0 Å². The number of nitrogens with two attached hydrogens (primary N) is 1. The van der Waals surface area contributed by atoms with Gasteiger partial charge in [-0.25, -0.2) is 0 Å². The van der Waals surface area contributed by atoms with Gasteiger partial charge >= 0.3 is 0 Å². The van der Waals surface area contributed by atoms with E-state index < -0.39 is 0 Å². The van der Waals surface area contributed by atoms with E-state index in [0.29, 0.717) is 0 Å². The Morgan fingerprint density at radius 3 is 2.80 bits per heavy atom. The molecular weight excluding hydrogens is 142 g/mol. The van der Waals surface area contributed by atoms with Crippen molar-refractivity contribution >= 4 is 11.8 Å². The maximum atomic E-state index is 5.60. The zero-order valence-corrected chi connectivity index (χ0v) is 7.49. The normalized spacial score (nSPS) is 13.0. The van der Waals surface area contributed by atoms with E-state index in [2.05, 4.69) is 13.5 Å². The highest BCUT2D eigenvalue weighted by molar-refractivity contribution is 8.00. The second kappa shape index (κ2) is 7.16. The summed E-state index contributed by atoms with van der Waals surface area (Å²) in [5.74, 6) is 1.17. The SMILES string of the molecule is C=CC(N)SCCCCC. The number of unbranched alkanes of at least 4 members (excludes halogenated alkanes) is 2. The topological polar surface area (TPSA) is 26.0 Å². The van der Waals surface area contributed by atoms with E-state index in [1.165, 1.54) is 25.0 Å². The van der Waals surface area contributed by atoms with Gasteiger partial charge in [0.15, 0.2) is 0 Å². The molecule has 0 aliphatic carbocycles. The van der Waals surface area contributed by atoms with Crippen molar-refractivity contribution in [2.24, 2.45) is 5.73 Å². The molecule has 0 aromatic heterocycles. The first-order valence-electron chi connectivity index (χ1n) is 3.81. The van der Waals surface area contributed by atoms with E-state index in [4.69, 9.17) is 5.73 Å². The van der Waals surface area contributed by atoms with Gasteiger partial charge in [-0.2, -0.15) is 0 Å². The third-order valence-corrected chi connectivity index (χ3v) is 2.39. The van der Waals surface area contributed by atoms with Crippen LogP contribution in [0.3, 0.4) is 0 Å². The third-order valence-electron chi connectivity index (χ3n) is 1.29. The van der Waals surface area contributed by atoms with Crippen LogP contribution in [0.5, 0.6) is 0 Å². The summed E-state index contributed by atoms with van der Waals surface area (Å²) in [4.78, 5) is 0. The van der Waals surface area contributed by atoms with Crippen LogP contribution in [0.4, 0.5) is 0 Å². The van der Waals surface area contributed by atoms with Crippen LogP contribution in [-0.4, -0.2) is 11.1 Å². The van der Waals surface area contributed by atoms with Gasteiger partial charge in [0.2, 0.25) is 0 Å². The van der Waals surface area contributed by atoms with E-state index in [9.17, 15) is 0 Å². The van der Waals surface area contributed by atoms with Crippen molar-refractivity contribution in [1.82, 2.24) is 0 Å². The highest BCUT2D eigenvalue weighted by Gasteiger charge is 1.94. The highest BCUT2D eigenvalue weighted by Crippen LogP contribution is 2.09. The number of thioether (sulfide) groups is 1. The summed E-state index contributed by atoms with van der Waals surface area (Å²) in [5.41, 5.74) is 5.60. The van der Waals surface area contributed by atoms with E-state index in [1.807, 2.05) is 0 Å². The lowest BCUT2D eigenvalue weighted by Gasteiger charge is -2.03. The molecule has 10 heavy (non-hydrogen) atoms. The molecule has 0 saturated carbocycles. The van der Waals surface area contributed by atoms with Gasteiger partial charge in [-0.3, -0.25) is 0 Å². The lowest BCUT2D eigenvalue weighted by Crippen LogP contribution is -2.11. The molecule has 60 valence electrons. The second-order valence-corrected chi connectivity index (χ2v) is 3.56. The summed E-state index contributed by atoms with van der Waals surface area (Å²) in [6.45, 7) is 5.82. The maximum absolute atomic E-state index is 5.60. The molecule has 0 radical (unpaired) electrons. The Morgan fingerprint density at radius 1 is 1.60 bits per heavy atom. The summed E-state index contributed by atoms with van der Waals surface area (Å²) in [6, 6.07) is 0. The Balaban J connectivity index is 2.95. The number of hydrogen-bond acceptors (Lipinski definition) is 2. The molecule has 0 aliphatic rings. The molecule has 0 heterocycles. The molecule has 0 aliphatic heterocycles. The minimum absolute atomic E-state index is 0.136. The van der Waals surface area contributed by atoms with Crippen molar-refractivity contribution in [2.45, 2.75) is 31.6 Å². The predicted octanol–water partition coefficient (Wildman–Crippen LogP) is 2.38. The van der Waals surface area contributed by atoms with Crippen molar-refractivity contribution in [1.29, 1.82) is 0 Å². The zero-order chi connectivity index (χ0) is 7.82. The quantitative estimate of drug-likeness (QED) is 0.366. The Labute approximate surface area is 68.1 Å². The first-order valence-corrected chi connectivity index (χ1v) is 4.86. The molecule has 0 rings (SSSR count). The summed E-state index contributed by atoms with van der Waals surface area (Å²) in [7, 11) is 0. The average Bonchev–Trinajstić information content (AvgIpc) is 1.98. The largest absolute Gasteiger partial charge is 0.316 e. The average molecular weight is 159 g/mol. The number of hydrogen-bond donors (Lipinski definition) is 1. The van der Waals surface area contributed by atoms with Gasteiger partial charge in [-0.15, -0.1) is 18.3 Å². The van der Waals surface area contributed by atoms with Gasteiger partial charge in [-0.1, -0.05) is 25.8 Å². The molecule has 0 fully saturated rings. The number of rotatable bonds is 6. The molecule has 0 bridgehead atoms. The fourth-order valence-electron chi connectivity index (χ4n) is 0.640. The molecule has 1 nitrogen and oxygen atoms in total. The van der Waals surface area contributed by atoms with Crippen molar-refractivity contribution in [2.75, 3.05) is 5.75 Å². The zero-order valence-electron chi connectivity index (χ0n) is 6.68. The lowest BCUT2D eigenvalue weighted by molar-refractivity contribution is 0.778. The van der Waals surface area contributed by atoms with Crippen molar-refractivity contribution in [3.63, 3.8) is 0 Å². The van der Waals surface area contributed by atoms with Crippen LogP contribution >= 0.6 is 11.8 Å². The Morgan fingerprint density at radius 2 is 2.30 bits per heavy atom. The van der Waals surface area contributed by atoms with Crippen LogP contribution in [0.15, 0.2) is 12.7 Å². The molecule has 0 amide bonds. The Bertz CT molecular complexity index is 83.3. The monoisotopic (exact) mass is 159 g/mol. The van der Waals surface area contributed by atoms with Gasteiger partial charge in [0.25, 0.3) is 0 Å². The molecule has 0 aromatic carbocycles. The summed E-state index contributed by atoms with van der Waals surface area (Å²) in [5, 5.41) is 0.136. The smallest absolute Gasteiger partial charge is 0.0691 e. The standard InChI is InChI=1S/C8H17NS/c1-3-5-6-7-10-8(9)4-2/h4,8H,2-3,5-7,9H2,1H3. The highest BCUT2D eigenvalue weighted by atomic mass is 32.2. The first kappa shape index (κ1) is 10.0. The van der Waals surface area contributed by atoms with Gasteiger partial charge < -0.3 is 5.73 Å². The first-order chi connectivity index (χ1) is 4.81. The van der Waals surface area contributed by atoms with Crippen molar-refractivity contribution < 1.29 is 0 Å². The summed E-state index contributed by atoms with van der Waals surface area (Å²) in [6.07, 6.45) is 5.67. The van der Waals surface area contributed by atoms with Crippen LogP contribution in [0, 0.1) is 0 Å². The molecule has 1 unspecified atom stereocenters. The van der Waals surface area contributed by atoms with Crippen molar-refractivity contribution in [3.8, 4) is 0 Å². The molecule has 0 saturated heterocycles. The van der Waals surface area contributed by atoms with Crippen LogP contribution in [0.2, 0.25) is 0 Å².